The van der Waals surface area contributed by atoms with E-state index in [0.717, 1.165) is 12.8 Å². The molecule has 5 nitrogen and oxygen atoms in total. The van der Waals surface area contributed by atoms with Gasteiger partial charge in [0.15, 0.2) is 0 Å². The van der Waals surface area contributed by atoms with Crippen LogP contribution in [0.3, 0.4) is 0 Å². The minimum absolute atomic E-state index is 0.0536. The lowest BCUT2D eigenvalue weighted by molar-refractivity contribution is 0.0946. The van der Waals surface area contributed by atoms with Gasteiger partial charge < -0.3 is 4.74 Å². The van der Waals surface area contributed by atoms with Gasteiger partial charge >= 0.3 is 6.09 Å². The molecular weight excluding hydrogens is 398 g/mol. The zero-order valence-electron chi connectivity index (χ0n) is 7.52. The van der Waals surface area contributed by atoms with Crippen LogP contribution in [0.15, 0.2) is 5.11 Å². The van der Waals surface area contributed by atoms with Crippen molar-refractivity contribution in [2.45, 2.75) is 33.4 Å². The van der Waals surface area contributed by atoms with Gasteiger partial charge in [0, 0.05) is 14.9 Å². The smallest absolute Gasteiger partial charge is 0.397 e. The average molecular weight is 406 g/mol. The highest BCUT2D eigenvalue weighted by atomic mass is 79.9. The van der Waals surface area contributed by atoms with E-state index >= 15 is 0 Å². The van der Waals surface area contributed by atoms with E-state index in [-0.39, 0.29) is 15.8 Å². The molecule has 0 saturated heterocycles. The number of halogens is 3. The Kier molecular flexibility index (Phi) is 5.38. The monoisotopic (exact) mass is 403 g/mol. The van der Waals surface area contributed by atoms with Crippen LogP contribution in [0.1, 0.15) is 12.8 Å². The summed E-state index contributed by atoms with van der Waals surface area (Å²) in [6.07, 6.45) is 0.522. The van der Waals surface area contributed by atoms with Crippen molar-refractivity contribution in [3.63, 3.8) is 0 Å². The van der Waals surface area contributed by atoms with Crippen LogP contribution in [0, 0.1) is 0 Å². The molecule has 0 radical (unpaired) electrons. The van der Waals surface area contributed by atoms with E-state index < -0.39 is 6.09 Å². The Bertz CT molecular complexity index is 283. The molecule has 0 aromatic heterocycles. The largest absolute Gasteiger partial charge is 0.455 e. The van der Waals surface area contributed by atoms with Gasteiger partial charge in [-0.25, -0.2) is 4.79 Å². The minimum Gasteiger partial charge on any atom is -0.455 e. The van der Waals surface area contributed by atoms with E-state index in [0.29, 0.717) is 4.83 Å². The van der Waals surface area contributed by atoms with Gasteiger partial charge in [-0.3, -0.25) is 0 Å². The maximum Gasteiger partial charge on any atom is 0.397 e. The second kappa shape index (κ2) is 6.08. The van der Waals surface area contributed by atoms with E-state index in [4.69, 9.17) is 10.3 Å². The fourth-order valence-corrected chi connectivity index (χ4v) is 5.48. The summed E-state index contributed by atoms with van der Waals surface area (Å²) in [6, 6.07) is 0. The first kappa shape index (κ1) is 13.3. The van der Waals surface area contributed by atoms with Crippen molar-refractivity contribution >= 4 is 53.9 Å². The summed E-state index contributed by atoms with van der Waals surface area (Å²) < 4.78 is 5.03. The van der Waals surface area contributed by atoms with Crippen molar-refractivity contribution in [3.8, 4) is 0 Å². The topological polar surface area (TPSA) is 75.1 Å². The Morgan fingerprint density at radius 1 is 1.33 bits per heavy atom. The highest BCUT2D eigenvalue weighted by Crippen LogP contribution is 2.35. The first-order valence-electron chi connectivity index (χ1n) is 4.22. The lowest BCUT2D eigenvalue weighted by Crippen LogP contribution is -2.41. The number of azide groups is 1. The van der Waals surface area contributed by atoms with Crippen molar-refractivity contribution in [2.24, 2.45) is 5.11 Å². The third-order valence-corrected chi connectivity index (χ3v) is 4.58. The van der Waals surface area contributed by atoms with Crippen molar-refractivity contribution in [2.75, 3.05) is 0 Å². The Hall–Kier alpha value is 0.220. The molecule has 2 unspecified atom stereocenters. The predicted molar refractivity (Wildman–Crippen MR) is 66.8 cm³/mol. The summed E-state index contributed by atoms with van der Waals surface area (Å²) in [6.45, 7) is 0. The van der Waals surface area contributed by atoms with E-state index in [9.17, 15) is 4.79 Å². The van der Waals surface area contributed by atoms with E-state index in [2.05, 4.69) is 57.8 Å². The zero-order chi connectivity index (χ0) is 11.4. The van der Waals surface area contributed by atoms with Crippen LogP contribution in [0.5, 0.6) is 0 Å². The van der Waals surface area contributed by atoms with Gasteiger partial charge in [-0.05, 0) is 18.4 Å². The molecule has 84 valence electrons. The van der Waals surface area contributed by atoms with Crippen LogP contribution in [0.4, 0.5) is 4.79 Å². The molecule has 1 aliphatic carbocycles. The molecule has 0 aliphatic heterocycles. The molecule has 0 heterocycles. The molecule has 1 amide bonds. The van der Waals surface area contributed by atoms with Crippen molar-refractivity contribution in [1.82, 2.24) is 0 Å². The number of carbonyl (C=O) groups is 1. The second-order valence-corrected chi connectivity index (χ2v) is 6.79. The fourth-order valence-electron chi connectivity index (χ4n) is 1.40. The molecule has 0 aromatic rings. The molecule has 15 heavy (non-hydrogen) atoms. The first-order chi connectivity index (χ1) is 7.04. The maximum atomic E-state index is 11.0. The lowest BCUT2D eigenvalue weighted by Gasteiger charge is -2.33. The normalized spacial score (nSPS) is 35.4. The van der Waals surface area contributed by atoms with E-state index in [1.807, 2.05) is 0 Å². The summed E-state index contributed by atoms with van der Waals surface area (Å²) in [5, 5.41) is 2.87. The SMILES string of the molecule is [N-]=[N+]=NC(=O)OC1C(Br)CC(Br)CC1Br. The number of amides is 1. The molecule has 0 bridgehead atoms. The highest BCUT2D eigenvalue weighted by molar-refractivity contribution is 9.10. The van der Waals surface area contributed by atoms with Crippen LogP contribution < -0.4 is 0 Å². The number of ether oxygens (including phenoxy) is 1. The standard InChI is InChI=1S/C7H8Br3N3O2/c8-3-1-4(9)6(5(10)2-3)15-7(14)12-13-11/h3-6H,1-2H2. The fraction of sp³-hybridized carbons (Fsp3) is 0.857. The summed E-state index contributed by atoms with van der Waals surface area (Å²) in [5.41, 5.74) is 8.07. The number of hydrogen-bond acceptors (Lipinski definition) is 2. The van der Waals surface area contributed by atoms with Gasteiger partial charge in [0.2, 0.25) is 0 Å². The molecule has 2 atom stereocenters. The Balaban J connectivity index is 2.60. The Morgan fingerprint density at radius 2 is 1.87 bits per heavy atom. The van der Waals surface area contributed by atoms with Gasteiger partial charge in [0.25, 0.3) is 0 Å². The molecule has 0 spiro atoms. The molecule has 1 aliphatic rings. The third-order valence-electron chi connectivity index (χ3n) is 2.04. The van der Waals surface area contributed by atoms with Gasteiger partial charge in [0.1, 0.15) is 6.10 Å². The van der Waals surface area contributed by atoms with Gasteiger partial charge in [-0.2, -0.15) is 0 Å². The van der Waals surface area contributed by atoms with Crippen molar-refractivity contribution < 1.29 is 9.53 Å². The zero-order valence-corrected chi connectivity index (χ0v) is 12.3. The first-order valence-corrected chi connectivity index (χ1v) is 6.97. The average Bonchev–Trinajstić information content (AvgIpc) is 2.11. The third kappa shape index (κ3) is 3.94. The number of carbonyl (C=O) groups excluding carboxylic acids is 1. The minimum atomic E-state index is -0.885. The van der Waals surface area contributed by atoms with Crippen LogP contribution in [0.25, 0.3) is 10.4 Å². The predicted octanol–water partition coefficient (Wildman–Crippen LogP) is 3.89. The van der Waals surface area contributed by atoms with Crippen LogP contribution in [-0.4, -0.2) is 26.7 Å². The van der Waals surface area contributed by atoms with E-state index in [1.165, 1.54) is 0 Å². The molecular formula is C7H8Br3N3O2. The molecule has 1 saturated carbocycles. The number of alkyl halides is 3. The molecule has 0 N–H and O–H groups in total. The Labute approximate surface area is 112 Å². The molecule has 1 rings (SSSR count). The summed E-state index contributed by atoms with van der Waals surface area (Å²) in [7, 11) is 0. The van der Waals surface area contributed by atoms with Gasteiger partial charge in [-0.1, -0.05) is 47.8 Å². The second-order valence-electron chi connectivity index (χ2n) is 3.14. The van der Waals surface area contributed by atoms with Crippen molar-refractivity contribution in [1.29, 1.82) is 0 Å². The van der Waals surface area contributed by atoms with Crippen molar-refractivity contribution in [3.05, 3.63) is 10.4 Å². The van der Waals surface area contributed by atoms with Gasteiger partial charge in [-0.15, -0.1) is 0 Å². The van der Waals surface area contributed by atoms with Crippen LogP contribution in [0.2, 0.25) is 0 Å². The van der Waals surface area contributed by atoms with Crippen LogP contribution >= 0.6 is 47.8 Å². The summed E-state index contributed by atoms with van der Waals surface area (Å²) in [4.78, 5) is 13.9. The molecule has 8 heteroatoms. The number of nitrogens with zero attached hydrogens (tertiary/aromatic N) is 3. The molecule has 1 fully saturated rings. The summed E-state index contributed by atoms with van der Waals surface area (Å²) in [5.74, 6) is 0. The molecule has 0 aromatic carbocycles. The summed E-state index contributed by atoms with van der Waals surface area (Å²) >= 11 is 10.4. The Morgan fingerprint density at radius 3 is 2.33 bits per heavy atom. The maximum absolute atomic E-state index is 11.0. The van der Waals surface area contributed by atoms with Crippen LogP contribution in [-0.2, 0) is 4.74 Å². The number of hydrogen-bond donors (Lipinski definition) is 0. The van der Waals surface area contributed by atoms with Gasteiger partial charge in [0.05, 0.1) is 9.65 Å². The number of rotatable bonds is 1. The quantitative estimate of drug-likeness (QED) is 0.287. The van der Waals surface area contributed by atoms with E-state index in [1.54, 1.807) is 0 Å². The highest BCUT2D eigenvalue weighted by Gasteiger charge is 2.36. The lowest BCUT2D eigenvalue weighted by atomic mass is 9.97.